The Kier molecular flexibility index (Phi) is 4.42. The van der Waals surface area contributed by atoms with E-state index in [2.05, 4.69) is 20.6 Å². The van der Waals surface area contributed by atoms with E-state index in [4.69, 9.17) is 0 Å². The second-order valence-electron chi connectivity index (χ2n) is 5.98. The zero-order valence-corrected chi connectivity index (χ0v) is 14.1. The highest BCUT2D eigenvalue weighted by molar-refractivity contribution is 5.77. The Morgan fingerprint density at radius 2 is 1.65 bits per heavy atom. The molecule has 0 saturated heterocycles. The van der Waals surface area contributed by atoms with Crippen LogP contribution in [0.2, 0.25) is 0 Å². The van der Waals surface area contributed by atoms with Gasteiger partial charge in [-0.3, -0.25) is 9.48 Å². The van der Waals surface area contributed by atoms with Crippen LogP contribution in [-0.4, -0.2) is 30.7 Å². The summed E-state index contributed by atoms with van der Waals surface area (Å²) in [5.74, 6) is -0.147. The molecular weight excluding hydrogens is 328 g/mol. The highest BCUT2D eigenvalue weighted by atomic mass is 16.2. The standard InChI is InChI=1S/C19H18N6O/c26-19(14-25-22-16-9-4-5-10-17(16)23-25)21-18(13-24-12-6-11-20-24)15-7-2-1-3-8-15/h1-12,18H,13-14H2,(H,21,26)/t18-/m1/s1. The van der Waals surface area contributed by atoms with Crippen LogP contribution in [0.15, 0.2) is 73.1 Å². The molecule has 0 unspecified atom stereocenters. The van der Waals surface area contributed by atoms with E-state index >= 15 is 0 Å². The van der Waals surface area contributed by atoms with Crippen molar-refractivity contribution in [2.45, 2.75) is 19.1 Å². The number of nitrogens with zero attached hydrogens (tertiary/aromatic N) is 5. The molecule has 0 aliphatic carbocycles. The van der Waals surface area contributed by atoms with Crippen LogP contribution >= 0.6 is 0 Å². The molecule has 2 heterocycles. The summed E-state index contributed by atoms with van der Waals surface area (Å²) < 4.78 is 1.80. The number of aromatic nitrogens is 5. The van der Waals surface area contributed by atoms with Crippen LogP contribution in [0.25, 0.3) is 11.0 Å². The lowest BCUT2D eigenvalue weighted by molar-refractivity contribution is -0.122. The number of rotatable bonds is 6. The Labute approximate surface area is 150 Å². The molecule has 0 spiro atoms. The van der Waals surface area contributed by atoms with E-state index in [1.54, 1.807) is 10.9 Å². The maximum atomic E-state index is 12.6. The first-order valence-electron chi connectivity index (χ1n) is 8.39. The lowest BCUT2D eigenvalue weighted by atomic mass is 10.1. The van der Waals surface area contributed by atoms with Gasteiger partial charge in [0, 0.05) is 12.4 Å². The molecule has 7 nitrogen and oxygen atoms in total. The van der Waals surface area contributed by atoms with Crippen molar-refractivity contribution in [3.05, 3.63) is 78.6 Å². The predicted molar refractivity (Wildman–Crippen MR) is 97.1 cm³/mol. The van der Waals surface area contributed by atoms with Gasteiger partial charge in [0.2, 0.25) is 5.91 Å². The van der Waals surface area contributed by atoms with Crippen LogP contribution in [-0.2, 0) is 17.9 Å². The lowest BCUT2D eigenvalue weighted by Gasteiger charge is -2.19. The van der Waals surface area contributed by atoms with Crippen LogP contribution < -0.4 is 5.32 Å². The van der Waals surface area contributed by atoms with Crippen molar-refractivity contribution in [3.8, 4) is 0 Å². The fraction of sp³-hybridized carbons (Fsp3) is 0.158. The minimum absolute atomic E-state index is 0.0666. The van der Waals surface area contributed by atoms with Crippen molar-refractivity contribution < 1.29 is 4.79 Å². The van der Waals surface area contributed by atoms with Gasteiger partial charge in [0.05, 0.1) is 12.6 Å². The van der Waals surface area contributed by atoms with Crippen LogP contribution in [0.3, 0.4) is 0 Å². The molecular formula is C19H18N6O. The first kappa shape index (κ1) is 16.0. The molecule has 0 saturated carbocycles. The number of hydrogen-bond donors (Lipinski definition) is 1. The summed E-state index contributed by atoms with van der Waals surface area (Å²) in [7, 11) is 0. The van der Waals surface area contributed by atoms with E-state index in [0.29, 0.717) is 6.54 Å². The van der Waals surface area contributed by atoms with Crippen molar-refractivity contribution in [2.75, 3.05) is 0 Å². The average Bonchev–Trinajstić information content (AvgIpc) is 3.30. The third kappa shape index (κ3) is 3.61. The van der Waals surface area contributed by atoms with Gasteiger partial charge >= 0.3 is 0 Å². The summed E-state index contributed by atoms with van der Waals surface area (Å²) in [6.45, 7) is 0.619. The molecule has 7 heteroatoms. The number of benzene rings is 2. The lowest BCUT2D eigenvalue weighted by Crippen LogP contribution is -2.34. The quantitative estimate of drug-likeness (QED) is 0.580. The zero-order valence-electron chi connectivity index (χ0n) is 14.1. The van der Waals surface area contributed by atoms with Crippen molar-refractivity contribution in [2.24, 2.45) is 0 Å². The minimum Gasteiger partial charge on any atom is -0.346 e. The third-order valence-electron chi connectivity index (χ3n) is 4.08. The molecule has 0 fully saturated rings. The normalized spacial score (nSPS) is 12.2. The Balaban J connectivity index is 1.50. The van der Waals surface area contributed by atoms with Crippen LogP contribution in [0.4, 0.5) is 0 Å². The SMILES string of the molecule is O=C(Cn1nc2ccccc2n1)N[C@H](Cn1cccn1)c1ccccc1. The molecule has 1 atom stereocenters. The van der Waals surface area contributed by atoms with Crippen molar-refractivity contribution in [1.29, 1.82) is 0 Å². The van der Waals surface area contributed by atoms with Crippen LogP contribution in [0.1, 0.15) is 11.6 Å². The fourth-order valence-corrected chi connectivity index (χ4v) is 2.86. The van der Waals surface area contributed by atoms with Crippen LogP contribution in [0.5, 0.6) is 0 Å². The van der Waals surface area contributed by atoms with Gasteiger partial charge in [0.25, 0.3) is 0 Å². The number of hydrogen-bond acceptors (Lipinski definition) is 4. The van der Waals surface area contributed by atoms with E-state index in [1.165, 1.54) is 4.80 Å². The molecule has 4 rings (SSSR count). The van der Waals surface area contributed by atoms with Crippen molar-refractivity contribution >= 4 is 16.9 Å². The Morgan fingerprint density at radius 3 is 2.31 bits per heavy atom. The molecule has 0 radical (unpaired) electrons. The summed E-state index contributed by atoms with van der Waals surface area (Å²) in [6.07, 6.45) is 3.60. The average molecular weight is 346 g/mol. The number of fused-ring (bicyclic) bond motifs is 1. The Bertz CT molecular complexity index is 960. The maximum Gasteiger partial charge on any atom is 0.244 e. The third-order valence-corrected chi connectivity index (χ3v) is 4.08. The molecule has 0 bridgehead atoms. The fourth-order valence-electron chi connectivity index (χ4n) is 2.86. The molecule has 1 amide bonds. The monoisotopic (exact) mass is 346 g/mol. The summed E-state index contributed by atoms with van der Waals surface area (Å²) in [5, 5.41) is 16.0. The largest absolute Gasteiger partial charge is 0.346 e. The smallest absolute Gasteiger partial charge is 0.244 e. The number of amides is 1. The first-order chi connectivity index (χ1) is 12.8. The zero-order chi connectivity index (χ0) is 17.8. The van der Waals surface area contributed by atoms with E-state index in [-0.39, 0.29) is 18.5 Å². The summed E-state index contributed by atoms with van der Waals surface area (Å²) in [6, 6.07) is 19.1. The topological polar surface area (TPSA) is 77.6 Å². The van der Waals surface area contributed by atoms with Gasteiger partial charge in [-0.2, -0.15) is 20.1 Å². The van der Waals surface area contributed by atoms with Gasteiger partial charge in [-0.15, -0.1) is 0 Å². The first-order valence-corrected chi connectivity index (χ1v) is 8.39. The van der Waals surface area contributed by atoms with Gasteiger partial charge in [-0.1, -0.05) is 42.5 Å². The molecule has 130 valence electrons. The number of nitrogens with one attached hydrogen (secondary N) is 1. The second kappa shape index (κ2) is 7.18. The van der Waals surface area contributed by atoms with Crippen molar-refractivity contribution in [1.82, 2.24) is 30.1 Å². The summed E-state index contributed by atoms with van der Waals surface area (Å²) in [4.78, 5) is 14.0. The highest BCUT2D eigenvalue weighted by Crippen LogP contribution is 2.15. The maximum absolute atomic E-state index is 12.6. The van der Waals surface area contributed by atoms with E-state index in [9.17, 15) is 4.79 Å². The predicted octanol–water partition coefficient (Wildman–Crippen LogP) is 2.19. The molecule has 26 heavy (non-hydrogen) atoms. The van der Waals surface area contributed by atoms with Gasteiger partial charge in [0.1, 0.15) is 17.6 Å². The minimum atomic E-state index is -0.187. The molecule has 2 aromatic carbocycles. The van der Waals surface area contributed by atoms with Crippen LogP contribution in [0, 0.1) is 0 Å². The molecule has 0 aliphatic heterocycles. The van der Waals surface area contributed by atoms with E-state index in [1.807, 2.05) is 66.9 Å². The number of carbonyl (C=O) groups excluding carboxylic acids is 1. The van der Waals surface area contributed by atoms with Gasteiger partial charge < -0.3 is 5.32 Å². The molecule has 1 N–H and O–H groups in total. The molecule has 4 aromatic rings. The molecule has 0 aliphatic rings. The van der Waals surface area contributed by atoms with Gasteiger partial charge in [0.15, 0.2) is 0 Å². The van der Waals surface area contributed by atoms with Gasteiger partial charge in [-0.05, 0) is 23.8 Å². The van der Waals surface area contributed by atoms with Gasteiger partial charge in [-0.25, -0.2) is 0 Å². The summed E-state index contributed by atoms with van der Waals surface area (Å²) >= 11 is 0. The second-order valence-corrected chi connectivity index (χ2v) is 5.98. The summed E-state index contributed by atoms with van der Waals surface area (Å²) in [5.41, 5.74) is 2.57. The van der Waals surface area contributed by atoms with E-state index < -0.39 is 0 Å². The van der Waals surface area contributed by atoms with Crippen molar-refractivity contribution in [3.63, 3.8) is 0 Å². The Morgan fingerprint density at radius 1 is 0.962 bits per heavy atom. The van der Waals surface area contributed by atoms with E-state index in [0.717, 1.165) is 16.6 Å². The molecule has 2 aromatic heterocycles. The Hall–Kier alpha value is -3.48. The number of carbonyl (C=O) groups is 1. The highest BCUT2D eigenvalue weighted by Gasteiger charge is 2.16.